The predicted molar refractivity (Wildman–Crippen MR) is 68.9 cm³/mol. The summed E-state index contributed by atoms with van der Waals surface area (Å²) in [5, 5.41) is 12.1. The van der Waals surface area contributed by atoms with Gasteiger partial charge in [0.15, 0.2) is 0 Å². The van der Waals surface area contributed by atoms with E-state index >= 15 is 0 Å². The zero-order valence-electron chi connectivity index (χ0n) is 10.7. The van der Waals surface area contributed by atoms with E-state index in [4.69, 9.17) is 5.11 Å². The number of carbonyl (C=O) groups excluding carboxylic acids is 1. The van der Waals surface area contributed by atoms with Crippen LogP contribution in [0.25, 0.3) is 0 Å². The minimum absolute atomic E-state index is 0.0313. The second kappa shape index (κ2) is 6.28. The first kappa shape index (κ1) is 13.6. The largest absolute Gasteiger partial charge is 0.508 e. The fraction of sp³-hybridized carbons (Fsp3) is 0.500. The van der Waals surface area contributed by atoms with Crippen LogP contribution >= 0.6 is 0 Å². The van der Waals surface area contributed by atoms with Crippen molar-refractivity contribution >= 4 is 5.91 Å². The number of carbonyl (C=O) groups is 1. The molecule has 2 N–H and O–H groups in total. The summed E-state index contributed by atoms with van der Waals surface area (Å²) in [6.07, 6.45) is 1.35. The number of benzene rings is 1. The Morgan fingerprint density at radius 1 is 1.24 bits per heavy atom. The molecule has 0 saturated carbocycles. The van der Waals surface area contributed by atoms with Crippen LogP contribution in [-0.2, 0) is 11.2 Å². The molecule has 0 aromatic heterocycles. The molecule has 3 nitrogen and oxygen atoms in total. The van der Waals surface area contributed by atoms with Gasteiger partial charge >= 0.3 is 0 Å². The summed E-state index contributed by atoms with van der Waals surface area (Å²) in [4.78, 5) is 11.7. The summed E-state index contributed by atoms with van der Waals surface area (Å²) >= 11 is 0. The zero-order valence-corrected chi connectivity index (χ0v) is 10.7. The van der Waals surface area contributed by atoms with E-state index in [0.717, 1.165) is 12.0 Å². The van der Waals surface area contributed by atoms with E-state index in [1.54, 1.807) is 24.3 Å². The highest BCUT2D eigenvalue weighted by atomic mass is 16.3. The van der Waals surface area contributed by atoms with Crippen molar-refractivity contribution in [2.45, 2.75) is 39.7 Å². The lowest BCUT2D eigenvalue weighted by atomic mass is 10.0. The molecule has 0 fully saturated rings. The van der Waals surface area contributed by atoms with Gasteiger partial charge in [-0.1, -0.05) is 26.0 Å². The molecule has 0 saturated heterocycles. The SMILES string of the molecule is CC(C)C[C@@H](C)NC(=O)Cc1ccc(O)cc1. The highest BCUT2D eigenvalue weighted by Crippen LogP contribution is 2.10. The number of amides is 1. The molecule has 0 aliphatic heterocycles. The van der Waals surface area contributed by atoms with Crippen molar-refractivity contribution in [3.05, 3.63) is 29.8 Å². The Bertz CT molecular complexity index is 357. The second-order valence-corrected chi connectivity index (χ2v) is 4.94. The molecule has 0 radical (unpaired) electrons. The van der Waals surface area contributed by atoms with E-state index in [0.29, 0.717) is 12.3 Å². The van der Waals surface area contributed by atoms with Crippen LogP contribution in [0.5, 0.6) is 5.75 Å². The number of hydrogen-bond donors (Lipinski definition) is 2. The maximum atomic E-state index is 11.7. The lowest BCUT2D eigenvalue weighted by molar-refractivity contribution is -0.121. The number of nitrogens with one attached hydrogen (secondary N) is 1. The molecule has 0 aliphatic carbocycles. The average molecular weight is 235 g/mol. The number of phenols is 1. The molecule has 1 amide bonds. The molecule has 17 heavy (non-hydrogen) atoms. The molecular weight excluding hydrogens is 214 g/mol. The highest BCUT2D eigenvalue weighted by Gasteiger charge is 2.09. The second-order valence-electron chi connectivity index (χ2n) is 4.94. The molecule has 0 spiro atoms. The third-order valence-corrected chi connectivity index (χ3v) is 2.53. The summed E-state index contributed by atoms with van der Waals surface area (Å²) < 4.78 is 0. The Morgan fingerprint density at radius 2 is 1.82 bits per heavy atom. The van der Waals surface area contributed by atoms with Gasteiger partial charge in [0.05, 0.1) is 6.42 Å². The van der Waals surface area contributed by atoms with Gasteiger partial charge in [-0.3, -0.25) is 4.79 Å². The molecule has 1 rings (SSSR count). The van der Waals surface area contributed by atoms with Crippen LogP contribution < -0.4 is 5.32 Å². The molecule has 0 heterocycles. The Morgan fingerprint density at radius 3 is 2.35 bits per heavy atom. The van der Waals surface area contributed by atoms with Crippen molar-refractivity contribution in [1.82, 2.24) is 5.32 Å². The van der Waals surface area contributed by atoms with Gasteiger partial charge in [-0.05, 0) is 37.0 Å². The summed E-state index contributed by atoms with van der Waals surface area (Å²) in [6, 6.07) is 6.93. The molecule has 0 unspecified atom stereocenters. The van der Waals surface area contributed by atoms with Gasteiger partial charge in [-0.15, -0.1) is 0 Å². The molecule has 94 valence electrons. The molecule has 1 aromatic rings. The maximum Gasteiger partial charge on any atom is 0.224 e. The van der Waals surface area contributed by atoms with Gasteiger partial charge in [0.25, 0.3) is 0 Å². The molecule has 1 atom stereocenters. The van der Waals surface area contributed by atoms with E-state index in [1.165, 1.54) is 0 Å². The number of hydrogen-bond acceptors (Lipinski definition) is 2. The predicted octanol–water partition coefficient (Wildman–Crippen LogP) is 2.49. The smallest absolute Gasteiger partial charge is 0.224 e. The first-order valence-corrected chi connectivity index (χ1v) is 6.04. The van der Waals surface area contributed by atoms with Crippen LogP contribution in [0.2, 0.25) is 0 Å². The van der Waals surface area contributed by atoms with E-state index in [9.17, 15) is 4.79 Å². The van der Waals surface area contributed by atoms with Crippen molar-refractivity contribution in [1.29, 1.82) is 0 Å². The number of phenolic OH excluding ortho intramolecular Hbond substituents is 1. The van der Waals surface area contributed by atoms with Crippen molar-refractivity contribution in [2.24, 2.45) is 5.92 Å². The molecule has 3 heteroatoms. The number of aromatic hydroxyl groups is 1. The van der Waals surface area contributed by atoms with Crippen LogP contribution in [0.4, 0.5) is 0 Å². The van der Waals surface area contributed by atoms with Gasteiger partial charge in [-0.2, -0.15) is 0 Å². The fourth-order valence-corrected chi connectivity index (χ4v) is 1.89. The van der Waals surface area contributed by atoms with E-state index in [2.05, 4.69) is 19.2 Å². The Kier molecular flexibility index (Phi) is 5.01. The molecule has 0 bridgehead atoms. The lowest BCUT2D eigenvalue weighted by Gasteiger charge is -2.15. The first-order chi connectivity index (χ1) is 7.97. The fourth-order valence-electron chi connectivity index (χ4n) is 1.89. The van der Waals surface area contributed by atoms with Crippen molar-refractivity contribution in [2.75, 3.05) is 0 Å². The number of rotatable bonds is 5. The maximum absolute atomic E-state index is 11.7. The minimum atomic E-state index is 0.0313. The normalized spacial score (nSPS) is 12.5. The summed E-state index contributed by atoms with van der Waals surface area (Å²) in [7, 11) is 0. The lowest BCUT2D eigenvalue weighted by Crippen LogP contribution is -2.34. The van der Waals surface area contributed by atoms with Crippen LogP contribution in [-0.4, -0.2) is 17.1 Å². The third-order valence-electron chi connectivity index (χ3n) is 2.53. The minimum Gasteiger partial charge on any atom is -0.508 e. The quantitative estimate of drug-likeness (QED) is 0.823. The molecular formula is C14H21NO2. The zero-order chi connectivity index (χ0) is 12.8. The monoisotopic (exact) mass is 235 g/mol. The summed E-state index contributed by atoms with van der Waals surface area (Å²) in [5.41, 5.74) is 0.914. The van der Waals surface area contributed by atoms with Crippen molar-refractivity contribution in [3.63, 3.8) is 0 Å². The van der Waals surface area contributed by atoms with Crippen LogP contribution in [0.1, 0.15) is 32.8 Å². The standard InChI is InChI=1S/C14H21NO2/c1-10(2)8-11(3)15-14(17)9-12-4-6-13(16)7-5-12/h4-7,10-11,16H,8-9H2,1-3H3,(H,15,17)/t11-/m1/s1. The van der Waals surface area contributed by atoms with Crippen molar-refractivity contribution in [3.8, 4) is 5.75 Å². The average Bonchev–Trinajstić information content (AvgIpc) is 2.19. The first-order valence-electron chi connectivity index (χ1n) is 6.04. The van der Waals surface area contributed by atoms with E-state index < -0.39 is 0 Å². The van der Waals surface area contributed by atoms with Crippen molar-refractivity contribution < 1.29 is 9.90 Å². The highest BCUT2D eigenvalue weighted by molar-refractivity contribution is 5.78. The van der Waals surface area contributed by atoms with Crippen LogP contribution in [0.15, 0.2) is 24.3 Å². The van der Waals surface area contributed by atoms with Gasteiger partial charge < -0.3 is 10.4 Å². The van der Waals surface area contributed by atoms with Crippen LogP contribution in [0, 0.1) is 5.92 Å². The Balaban J connectivity index is 2.41. The summed E-state index contributed by atoms with van der Waals surface area (Å²) in [5.74, 6) is 0.838. The Hall–Kier alpha value is -1.51. The van der Waals surface area contributed by atoms with Gasteiger partial charge in [0, 0.05) is 6.04 Å². The third kappa shape index (κ3) is 5.38. The topological polar surface area (TPSA) is 49.3 Å². The summed E-state index contributed by atoms with van der Waals surface area (Å²) in [6.45, 7) is 6.31. The van der Waals surface area contributed by atoms with E-state index in [1.807, 2.05) is 6.92 Å². The Labute approximate surface area is 103 Å². The van der Waals surface area contributed by atoms with Crippen LogP contribution in [0.3, 0.4) is 0 Å². The molecule has 1 aromatic carbocycles. The van der Waals surface area contributed by atoms with Gasteiger partial charge in [0.1, 0.15) is 5.75 Å². The van der Waals surface area contributed by atoms with Gasteiger partial charge in [0.2, 0.25) is 5.91 Å². The molecule has 0 aliphatic rings. The van der Waals surface area contributed by atoms with Gasteiger partial charge in [-0.25, -0.2) is 0 Å². The van der Waals surface area contributed by atoms with E-state index in [-0.39, 0.29) is 17.7 Å².